The van der Waals surface area contributed by atoms with Gasteiger partial charge in [0.1, 0.15) is 6.04 Å². The van der Waals surface area contributed by atoms with Crippen molar-refractivity contribution >= 4 is 17.7 Å². The number of piperidine rings is 1. The minimum atomic E-state index is -0.456. The first-order valence-corrected chi connectivity index (χ1v) is 13.9. The summed E-state index contributed by atoms with van der Waals surface area (Å²) >= 11 is 0. The molecule has 2 heterocycles. The van der Waals surface area contributed by atoms with Crippen LogP contribution in [0, 0.1) is 29.1 Å². The number of carbonyl (C=O) groups excluding carboxylic acids is 3. The molecule has 3 amide bonds. The fourth-order valence-electron chi connectivity index (χ4n) is 7.95. The maximum absolute atomic E-state index is 13.6. The fourth-order valence-corrected chi connectivity index (χ4v) is 7.95. The van der Waals surface area contributed by atoms with Crippen molar-refractivity contribution in [2.24, 2.45) is 29.1 Å². The Bertz CT molecular complexity index is 747. The SMILES string of the molecule is CC(C)[C@@H](NC(=O)C12CC3CC(CC(C3)C1)C2)C(=O)N1CCN(CC(=O)N2CCCCC2)CC1. The van der Waals surface area contributed by atoms with Crippen LogP contribution in [-0.2, 0) is 14.4 Å². The van der Waals surface area contributed by atoms with Crippen LogP contribution >= 0.6 is 0 Å². The molecule has 4 saturated carbocycles. The monoisotopic (exact) mass is 472 g/mol. The number of hydrogen-bond donors (Lipinski definition) is 1. The summed E-state index contributed by atoms with van der Waals surface area (Å²) in [6, 6.07) is -0.456. The number of rotatable bonds is 6. The Balaban J connectivity index is 1.15. The van der Waals surface area contributed by atoms with E-state index >= 15 is 0 Å². The van der Waals surface area contributed by atoms with E-state index in [9.17, 15) is 14.4 Å². The Hall–Kier alpha value is -1.63. The standard InChI is InChI=1S/C27H44N4O3/c1-19(2)24(28-26(34)27-15-20-12-21(16-27)14-22(13-20)17-27)25(33)31-10-8-29(9-11-31)18-23(32)30-6-4-3-5-7-30/h19-22,24H,3-18H2,1-2H3,(H,28,34)/t20?,21?,22?,24-,27?/m1/s1. The van der Waals surface area contributed by atoms with Gasteiger partial charge in [0.15, 0.2) is 0 Å². The molecular formula is C27H44N4O3. The van der Waals surface area contributed by atoms with Crippen molar-refractivity contribution < 1.29 is 14.4 Å². The van der Waals surface area contributed by atoms with Gasteiger partial charge in [-0.2, -0.15) is 0 Å². The molecule has 4 bridgehead atoms. The van der Waals surface area contributed by atoms with E-state index in [1.807, 2.05) is 23.6 Å². The van der Waals surface area contributed by atoms with Crippen LogP contribution in [0.5, 0.6) is 0 Å². The summed E-state index contributed by atoms with van der Waals surface area (Å²) < 4.78 is 0. The van der Waals surface area contributed by atoms with Crippen LogP contribution in [0.3, 0.4) is 0 Å². The van der Waals surface area contributed by atoms with E-state index in [1.54, 1.807) is 0 Å². The van der Waals surface area contributed by atoms with E-state index in [0.29, 0.717) is 37.4 Å². The third kappa shape index (κ3) is 4.87. The molecule has 0 radical (unpaired) electrons. The summed E-state index contributed by atoms with van der Waals surface area (Å²) in [7, 11) is 0. The minimum absolute atomic E-state index is 0.0510. The molecule has 6 aliphatic rings. The van der Waals surface area contributed by atoms with Crippen molar-refractivity contribution in [2.75, 3.05) is 45.8 Å². The van der Waals surface area contributed by atoms with Crippen LogP contribution in [0.15, 0.2) is 0 Å². The predicted molar refractivity (Wildman–Crippen MR) is 131 cm³/mol. The quantitative estimate of drug-likeness (QED) is 0.645. The van der Waals surface area contributed by atoms with Gasteiger partial charge in [-0.1, -0.05) is 13.8 Å². The van der Waals surface area contributed by atoms with Gasteiger partial charge in [0, 0.05) is 44.7 Å². The molecule has 190 valence electrons. The van der Waals surface area contributed by atoms with Gasteiger partial charge in [-0.3, -0.25) is 19.3 Å². The zero-order valence-electron chi connectivity index (χ0n) is 21.3. The van der Waals surface area contributed by atoms with Gasteiger partial charge in [-0.05, 0) is 81.5 Å². The van der Waals surface area contributed by atoms with Gasteiger partial charge in [-0.25, -0.2) is 0 Å². The van der Waals surface area contributed by atoms with Gasteiger partial charge in [-0.15, -0.1) is 0 Å². The van der Waals surface area contributed by atoms with Gasteiger partial charge in [0.05, 0.1) is 6.54 Å². The highest BCUT2D eigenvalue weighted by Crippen LogP contribution is 2.60. The highest BCUT2D eigenvalue weighted by molar-refractivity contribution is 5.90. The van der Waals surface area contributed by atoms with Gasteiger partial charge in [0.25, 0.3) is 0 Å². The van der Waals surface area contributed by atoms with Crippen molar-refractivity contribution in [3.63, 3.8) is 0 Å². The zero-order chi connectivity index (χ0) is 23.9. The summed E-state index contributed by atoms with van der Waals surface area (Å²) in [6.07, 6.45) is 10.4. The van der Waals surface area contributed by atoms with E-state index in [-0.39, 0.29) is 29.1 Å². The molecule has 0 aromatic carbocycles. The van der Waals surface area contributed by atoms with E-state index in [0.717, 1.165) is 58.3 Å². The van der Waals surface area contributed by atoms with Crippen LogP contribution in [0.1, 0.15) is 71.6 Å². The number of nitrogens with zero attached hydrogens (tertiary/aromatic N) is 3. The van der Waals surface area contributed by atoms with E-state index in [1.165, 1.54) is 25.7 Å². The molecule has 34 heavy (non-hydrogen) atoms. The maximum Gasteiger partial charge on any atom is 0.245 e. The molecule has 0 aromatic heterocycles. The molecule has 6 fully saturated rings. The molecule has 0 spiro atoms. The Morgan fingerprint density at radius 3 is 1.88 bits per heavy atom. The number of amides is 3. The second kappa shape index (κ2) is 9.79. The lowest BCUT2D eigenvalue weighted by molar-refractivity contribution is -0.151. The molecule has 0 unspecified atom stereocenters. The molecule has 4 aliphatic carbocycles. The van der Waals surface area contributed by atoms with Gasteiger partial charge < -0.3 is 15.1 Å². The van der Waals surface area contributed by atoms with Crippen LogP contribution in [0.4, 0.5) is 0 Å². The summed E-state index contributed by atoms with van der Waals surface area (Å²) in [5, 5.41) is 3.25. The highest BCUT2D eigenvalue weighted by Gasteiger charge is 2.55. The van der Waals surface area contributed by atoms with Crippen molar-refractivity contribution in [3.8, 4) is 0 Å². The second-order valence-electron chi connectivity index (χ2n) is 12.4. The molecule has 1 atom stereocenters. The largest absolute Gasteiger partial charge is 0.344 e. The number of likely N-dealkylation sites (tertiary alicyclic amines) is 1. The number of piperazine rings is 1. The Morgan fingerprint density at radius 1 is 0.794 bits per heavy atom. The zero-order valence-corrected chi connectivity index (χ0v) is 21.3. The molecule has 7 heteroatoms. The normalized spacial score (nSPS) is 34.4. The smallest absolute Gasteiger partial charge is 0.245 e. The Labute approximate surface area is 205 Å². The van der Waals surface area contributed by atoms with Crippen LogP contribution in [0.2, 0.25) is 0 Å². The molecule has 1 N–H and O–H groups in total. The molecule has 7 nitrogen and oxygen atoms in total. The molecule has 2 aliphatic heterocycles. The average molecular weight is 473 g/mol. The topological polar surface area (TPSA) is 73.0 Å². The first-order valence-electron chi connectivity index (χ1n) is 13.9. The number of nitrogens with one attached hydrogen (secondary N) is 1. The molecule has 0 aromatic rings. The fraction of sp³-hybridized carbons (Fsp3) is 0.889. The van der Waals surface area contributed by atoms with Crippen molar-refractivity contribution in [1.82, 2.24) is 20.0 Å². The second-order valence-corrected chi connectivity index (χ2v) is 12.4. The molecule has 6 rings (SSSR count). The van der Waals surface area contributed by atoms with E-state index in [4.69, 9.17) is 0 Å². The lowest BCUT2D eigenvalue weighted by Gasteiger charge is -2.56. The number of hydrogen-bond acceptors (Lipinski definition) is 4. The predicted octanol–water partition coefficient (Wildman–Crippen LogP) is 2.50. The van der Waals surface area contributed by atoms with E-state index in [2.05, 4.69) is 10.2 Å². The van der Waals surface area contributed by atoms with E-state index < -0.39 is 6.04 Å². The highest BCUT2D eigenvalue weighted by atomic mass is 16.2. The van der Waals surface area contributed by atoms with Crippen molar-refractivity contribution in [3.05, 3.63) is 0 Å². The van der Waals surface area contributed by atoms with Gasteiger partial charge >= 0.3 is 0 Å². The minimum Gasteiger partial charge on any atom is -0.344 e. The Kier molecular flexibility index (Phi) is 6.93. The lowest BCUT2D eigenvalue weighted by atomic mass is 9.49. The molecular weight excluding hydrogens is 428 g/mol. The summed E-state index contributed by atoms with van der Waals surface area (Å²) in [5.74, 6) is 2.62. The first-order chi connectivity index (χ1) is 16.3. The van der Waals surface area contributed by atoms with Crippen LogP contribution in [0.25, 0.3) is 0 Å². The lowest BCUT2D eigenvalue weighted by Crippen LogP contribution is -2.60. The number of carbonyl (C=O) groups is 3. The van der Waals surface area contributed by atoms with Crippen LogP contribution < -0.4 is 5.32 Å². The average Bonchev–Trinajstić information content (AvgIpc) is 2.82. The summed E-state index contributed by atoms with van der Waals surface area (Å²) in [4.78, 5) is 45.8. The Morgan fingerprint density at radius 2 is 1.35 bits per heavy atom. The van der Waals surface area contributed by atoms with Crippen molar-refractivity contribution in [2.45, 2.75) is 77.7 Å². The first kappa shape index (κ1) is 24.1. The third-order valence-corrected chi connectivity index (χ3v) is 9.49. The van der Waals surface area contributed by atoms with Crippen LogP contribution in [-0.4, -0.2) is 84.3 Å². The van der Waals surface area contributed by atoms with Crippen molar-refractivity contribution in [1.29, 1.82) is 0 Å². The summed E-state index contributed by atoms with van der Waals surface area (Å²) in [5.41, 5.74) is -0.227. The maximum atomic E-state index is 13.6. The third-order valence-electron chi connectivity index (χ3n) is 9.49. The van der Waals surface area contributed by atoms with Gasteiger partial charge in [0.2, 0.25) is 17.7 Å². The molecule has 2 saturated heterocycles. The summed E-state index contributed by atoms with van der Waals surface area (Å²) in [6.45, 7) is 9.00.